The summed E-state index contributed by atoms with van der Waals surface area (Å²) in [7, 11) is 0. The number of aryl methyl sites for hydroxylation is 1. The second-order valence-electron chi connectivity index (χ2n) is 7.81. The number of halogens is 1. The zero-order valence-electron chi connectivity index (χ0n) is 17.5. The molecule has 4 rings (SSSR count). The second kappa shape index (κ2) is 8.67. The molecule has 1 N–H and O–H groups in total. The predicted octanol–water partition coefficient (Wildman–Crippen LogP) is 3.51. The second-order valence-corrected chi connectivity index (χ2v) is 7.81. The molecule has 1 aromatic carbocycles. The topological polar surface area (TPSA) is 80.1 Å². The van der Waals surface area contributed by atoms with E-state index in [4.69, 9.17) is 0 Å². The van der Waals surface area contributed by atoms with Crippen molar-refractivity contribution >= 4 is 17.6 Å². The van der Waals surface area contributed by atoms with E-state index in [1.165, 1.54) is 12.1 Å². The molecule has 3 heterocycles. The van der Waals surface area contributed by atoms with Gasteiger partial charge in [0.1, 0.15) is 11.6 Å². The number of likely N-dealkylation sites (tertiary alicyclic amines) is 1. The van der Waals surface area contributed by atoms with Crippen molar-refractivity contribution in [3.8, 4) is 5.69 Å². The maximum Gasteiger partial charge on any atom is 0.257 e. The molecule has 7 nitrogen and oxygen atoms in total. The number of aromatic nitrogens is 3. The first kappa shape index (κ1) is 20.7. The summed E-state index contributed by atoms with van der Waals surface area (Å²) in [6.45, 7) is 4.76. The lowest BCUT2D eigenvalue weighted by Crippen LogP contribution is -2.41. The van der Waals surface area contributed by atoms with Crippen LogP contribution in [0.1, 0.15) is 34.5 Å². The van der Waals surface area contributed by atoms with Gasteiger partial charge < -0.3 is 10.2 Å². The molecule has 2 aromatic heterocycles. The van der Waals surface area contributed by atoms with Crippen molar-refractivity contribution < 1.29 is 14.0 Å². The van der Waals surface area contributed by atoms with Crippen LogP contribution >= 0.6 is 0 Å². The van der Waals surface area contributed by atoms with Crippen LogP contribution in [0.4, 0.5) is 10.2 Å². The van der Waals surface area contributed by atoms with E-state index in [1.54, 1.807) is 34.1 Å². The summed E-state index contributed by atoms with van der Waals surface area (Å²) in [6.07, 6.45) is 4.40. The van der Waals surface area contributed by atoms with Crippen LogP contribution in [0.5, 0.6) is 0 Å². The smallest absolute Gasteiger partial charge is 0.257 e. The fraction of sp³-hybridized carbons (Fsp3) is 0.304. The van der Waals surface area contributed by atoms with E-state index in [1.807, 2.05) is 26.0 Å². The van der Waals surface area contributed by atoms with Crippen LogP contribution in [0, 0.1) is 25.6 Å². The van der Waals surface area contributed by atoms with Crippen LogP contribution in [0.3, 0.4) is 0 Å². The Morgan fingerprint density at radius 1 is 1.10 bits per heavy atom. The number of benzene rings is 1. The van der Waals surface area contributed by atoms with Gasteiger partial charge in [-0.15, -0.1) is 0 Å². The van der Waals surface area contributed by atoms with Crippen LogP contribution < -0.4 is 5.32 Å². The molecule has 1 aliphatic rings. The third-order valence-corrected chi connectivity index (χ3v) is 5.63. The van der Waals surface area contributed by atoms with Crippen LogP contribution in [-0.4, -0.2) is 44.6 Å². The monoisotopic (exact) mass is 421 g/mol. The molecule has 1 fully saturated rings. The summed E-state index contributed by atoms with van der Waals surface area (Å²) >= 11 is 0. The van der Waals surface area contributed by atoms with Crippen molar-refractivity contribution in [2.24, 2.45) is 5.92 Å². The van der Waals surface area contributed by atoms with Gasteiger partial charge in [0.05, 0.1) is 23.1 Å². The van der Waals surface area contributed by atoms with Crippen LogP contribution in [0.15, 0.2) is 48.8 Å². The number of rotatable bonds is 4. The van der Waals surface area contributed by atoms with E-state index in [9.17, 15) is 14.0 Å². The van der Waals surface area contributed by atoms with Crippen molar-refractivity contribution in [1.29, 1.82) is 0 Å². The van der Waals surface area contributed by atoms with Gasteiger partial charge in [0.25, 0.3) is 5.91 Å². The van der Waals surface area contributed by atoms with Gasteiger partial charge in [0, 0.05) is 25.2 Å². The lowest BCUT2D eigenvalue weighted by Gasteiger charge is -2.31. The zero-order chi connectivity index (χ0) is 22.0. The average molecular weight is 421 g/mol. The molecule has 1 saturated heterocycles. The molecule has 3 aromatic rings. The lowest BCUT2D eigenvalue weighted by molar-refractivity contribution is -0.121. The Balaban J connectivity index is 1.38. The molecule has 2 amide bonds. The fourth-order valence-corrected chi connectivity index (χ4v) is 3.81. The standard InChI is InChI=1S/C23H24FN5O2/c1-15-7-10-25-21(13-15)27-22(30)17-8-11-28(12-9-17)23(31)20-14-26-29(16(20)2)19-5-3-18(24)4-6-19/h3-7,10,13-14,17H,8-9,11-12H2,1-2H3,(H,25,27,30). The summed E-state index contributed by atoms with van der Waals surface area (Å²) in [5, 5.41) is 7.17. The Hall–Kier alpha value is -3.55. The Labute approximate surface area is 179 Å². The molecular formula is C23H24FN5O2. The van der Waals surface area contributed by atoms with E-state index in [0.29, 0.717) is 48.7 Å². The zero-order valence-corrected chi connectivity index (χ0v) is 17.5. The number of anilines is 1. The summed E-state index contributed by atoms with van der Waals surface area (Å²) in [5.74, 6) is -0.104. The van der Waals surface area contributed by atoms with E-state index < -0.39 is 0 Å². The number of hydrogen-bond acceptors (Lipinski definition) is 4. The first-order valence-electron chi connectivity index (χ1n) is 10.3. The van der Waals surface area contributed by atoms with E-state index >= 15 is 0 Å². The Morgan fingerprint density at radius 2 is 1.81 bits per heavy atom. The number of nitrogens with zero attached hydrogens (tertiary/aromatic N) is 4. The lowest BCUT2D eigenvalue weighted by atomic mass is 9.95. The van der Waals surface area contributed by atoms with Crippen molar-refractivity contribution in [1.82, 2.24) is 19.7 Å². The Kier molecular flexibility index (Phi) is 5.79. The molecule has 0 saturated carbocycles. The summed E-state index contributed by atoms with van der Waals surface area (Å²) < 4.78 is 14.8. The minimum Gasteiger partial charge on any atom is -0.338 e. The fourth-order valence-electron chi connectivity index (χ4n) is 3.81. The van der Waals surface area contributed by atoms with Gasteiger partial charge in [-0.1, -0.05) is 0 Å². The average Bonchev–Trinajstić information content (AvgIpc) is 3.15. The molecule has 1 aliphatic heterocycles. The molecule has 0 bridgehead atoms. The molecule has 0 unspecified atom stereocenters. The van der Waals surface area contributed by atoms with Gasteiger partial charge in [-0.05, 0) is 68.7 Å². The van der Waals surface area contributed by atoms with Crippen LogP contribution in [-0.2, 0) is 4.79 Å². The van der Waals surface area contributed by atoms with Crippen molar-refractivity contribution in [3.05, 3.63) is 71.4 Å². The highest BCUT2D eigenvalue weighted by atomic mass is 19.1. The summed E-state index contributed by atoms with van der Waals surface area (Å²) in [5.41, 5.74) is 2.93. The van der Waals surface area contributed by atoms with E-state index in [2.05, 4.69) is 15.4 Å². The van der Waals surface area contributed by atoms with Gasteiger partial charge in [0.2, 0.25) is 5.91 Å². The normalized spacial score (nSPS) is 14.5. The van der Waals surface area contributed by atoms with E-state index in [-0.39, 0.29) is 23.5 Å². The maximum absolute atomic E-state index is 13.2. The third-order valence-electron chi connectivity index (χ3n) is 5.63. The number of pyridine rings is 1. The minimum absolute atomic E-state index is 0.0643. The molecule has 8 heteroatoms. The number of carbonyl (C=O) groups is 2. The first-order valence-corrected chi connectivity index (χ1v) is 10.3. The number of hydrogen-bond donors (Lipinski definition) is 1. The highest BCUT2D eigenvalue weighted by Crippen LogP contribution is 2.23. The molecule has 0 aliphatic carbocycles. The minimum atomic E-state index is -0.324. The molecule has 160 valence electrons. The Bertz CT molecular complexity index is 1100. The summed E-state index contributed by atoms with van der Waals surface area (Å²) in [6, 6.07) is 9.67. The predicted molar refractivity (Wildman–Crippen MR) is 114 cm³/mol. The van der Waals surface area contributed by atoms with Gasteiger partial charge in [0.15, 0.2) is 0 Å². The largest absolute Gasteiger partial charge is 0.338 e. The molecular weight excluding hydrogens is 397 g/mol. The number of nitrogens with one attached hydrogen (secondary N) is 1. The maximum atomic E-state index is 13.2. The Morgan fingerprint density at radius 3 is 2.48 bits per heavy atom. The van der Waals surface area contributed by atoms with Gasteiger partial charge in [-0.25, -0.2) is 14.1 Å². The molecule has 0 atom stereocenters. The number of piperidine rings is 1. The summed E-state index contributed by atoms with van der Waals surface area (Å²) in [4.78, 5) is 31.5. The van der Waals surface area contributed by atoms with E-state index in [0.717, 1.165) is 5.56 Å². The van der Waals surface area contributed by atoms with Gasteiger partial charge in [-0.2, -0.15) is 5.10 Å². The molecule has 31 heavy (non-hydrogen) atoms. The number of carbonyl (C=O) groups excluding carboxylic acids is 2. The molecule has 0 spiro atoms. The third kappa shape index (κ3) is 4.47. The SMILES string of the molecule is Cc1ccnc(NC(=O)C2CCN(C(=O)c3cnn(-c4ccc(F)cc4)c3C)CC2)c1. The quantitative estimate of drug-likeness (QED) is 0.699. The van der Waals surface area contributed by atoms with Gasteiger partial charge in [-0.3, -0.25) is 9.59 Å². The molecule has 0 radical (unpaired) electrons. The van der Waals surface area contributed by atoms with Crippen molar-refractivity contribution in [2.45, 2.75) is 26.7 Å². The van der Waals surface area contributed by atoms with Gasteiger partial charge >= 0.3 is 0 Å². The van der Waals surface area contributed by atoms with Crippen LogP contribution in [0.2, 0.25) is 0 Å². The van der Waals surface area contributed by atoms with Crippen molar-refractivity contribution in [2.75, 3.05) is 18.4 Å². The highest BCUT2D eigenvalue weighted by Gasteiger charge is 2.29. The number of amides is 2. The van der Waals surface area contributed by atoms with Crippen LogP contribution in [0.25, 0.3) is 5.69 Å². The highest BCUT2D eigenvalue weighted by molar-refractivity contribution is 5.96. The first-order chi connectivity index (χ1) is 14.9. The van der Waals surface area contributed by atoms with Crippen molar-refractivity contribution in [3.63, 3.8) is 0 Å².